The number of carbonyl (C=O) groups is 1. The average Bonchev–Trinajstić information content (AvgIpc) is 3.26. The van der Waals surface area contributed by atoms with Crippen molar-refractivity contribution < 1.29 is 4.79 Å². The molecule has 0 radical (unpaired) electrons. The summed E-state index contributed by atoms with van der Waals surface area (Å²) in [6.07, 6.45) is 11.9. The van der Waals surface area contributed by atoms with Gasteiger partial charge in [-0.1, -0.05) is 18.2 Å². The monoisotopic (exact) mass is 309 g/mol. The van der Waals surface area contributed by atoms with Gasteiger partial charge in [-0.15, -0.1) is 0 Å². The molecule has 2 aliphatic rings. The van der Waals surface area contributed by atoms with Crippen molar-refractivity contribution in [2.75, 3.05) is 13.1 Å². The molecule has 1 aliphatic carbocycles. The molecule has 0 N–H and O–H groups in total. The van der Waals surface area contributed by atoms with E-state index in [0.717, 1.165) is 25.9 Å². The van der Waals surface area contributed by atoms with E-state index >= 15 is 0 Å². The first-order valence-corrected chi connectivity index (χ1v) is 8.65. The second kappa shape index (κ2) is 6.19. The summed E-state index contributed by atoms with van der Waals surface area (Å²) in [5.74, 6) is 0.270. The van der Waals surface area contributed by atoms with Gasteiger partial charge in [0.25, 0.3) is 0 Å². The maximum atomic E-state index is 12.6. The molecular formula is C19H23N3O. The number of amides is 1. The number of aromatic nitrogens is 2. The van der Waals surface area contributed by atoms with Gasteiger partial charge in [0.05, 0.1) is 12.7 Å². The van der Waals surface area contributed by atoms with Crippen molar-refractivity contribution in [2.45, 2.75) is 44.6 Å². The lowest BCUT2D eigenvalue weighted by Gasteiger charge is -2.32. The summed E-state index contributed by atoms with van der Waals surface area (Å²) in [6, 6.07) is 7.09. The Morgan fingerprint density at radius 3 is 2.78 bits per heavy atom. The van der Waals surface area contributed by atoms with Crippen molar-refractivity contribution in [3.63, 3.8) is 0 Å². The van der Waals surface area contributed by atoms with E-state index in [1.54, 1.807) is 0 Å². The topological polar surface area (TPSA) is 38.1 Å². The summed E-state index contributed by atoms with van der Waals surface area (Å²) in [4.78, 5) is 18.7. The predicted octanol–water partition coefficient (Wildman–Crippen LogP) is 2.78. The van der Waals surface area contributed by atoms with Crippen LogP contribution in [0.1, 0.15) is 42.0 Å². The van der Waals surface area contributed by atoms with Crippen LogP contribution in [0.2, 0.25) is 0 Å². The van der Waals surface area contributed by atoms with Crippen LogP contribution in [0.25, 0.3) is 0 Å². The summed E-state index contributed by atoms with van der Waals surface area (Å²) in [5.41, 5.74) is 4.10. The molecular weight excluding hydrogens is 286 g/mol. The smallest absolute Gasteiger partial charge is 0.226 e. The quantitative estimate of drug-likeness (QED) is 0.874. The van der Waals surface area contributed by atoms with Gasteiger partial charge >= 0.3 is 0 Å². The van der Waals surface area contributed by atoms with E-state index in [4.69, 9.17) is 0 Å². The highest BCUT2D eigenvalue weighted by Gasteiger charge is 2.23. The molecule has 0 unspecified atom stereocenters. The van der Waals surface area contributed by atoms with E-state index < -0.39 is 0 Å². The Morgan fingerprint density at radius 1 is 1.17 bits per heavy atom. The molecule has 1 aromatic heterocycles. The maximum absolute atomic E-state index is 12.6. The second-order valence-corrected chi connectivity index (χ2v) is 6.76. The highest BCUT2D eigenvalue weighted by Crippen LogP contribution is 2.25. The third kappa shape index (κ3) is 3.03. The van der Waals surface area contributed by atoms with Crippen LogP contribution in [-0.4, -0.2) is 33.4 Å². The standard InChI is InChI=1S/C19H23N3O/c23-19(13-15-4-5-16-2-1-3-17(16)12-15)21-9-6-18(7-10-21)22-11-8-20-14-22/h4-5,8,11-12,14,18H,1-3,6-7,9-10,13H2. The van der Waals surface area contributed by atoms with Crippen LogP contribution in [0.4, 0.5) is 0 Å². The maximum Gasteiger partial charge on any atom is 0.226 e. The first-order chi connectivity index (χ1) is 11.3. The van der Waals surface area contributed by atoms with Crippen molar-refractivity contribution in [1.29, 1.82) is 0 Å². The zero-order valence-corrected chi connectivity index (χ0v) is 13.4. The molecule has 0 bridgehead atoms. The molecule has 1 fully saturated rings. The first-order valence-electron chi connectivity index (χ1n) is 8.65. The first kappa shape index (κ1) is 14.5. The van der Waals surface area contributed by atoms with E-state index in [9.17, 15) is 4.79 Å². The number of benzene rings is 1. The Morgan fingerprint density at radius 2 is 2.00 bits per heavy atom. The lowest BCUT2D eigenvalue weighted by atomic mass is 10.0. The lowest BCUT2D eigenvalue weighted by Crippen LogP contribution is -2.39. The van der Waals surface area contributed by atoms with E-state index in [1.165, 1.54) is 36.0 Å². The number of hydrogen-bond acceptors (Lipinski definition) is 2. The molecule has 0 spiro atoms. The zero-order valence-electron chi connectivity index (χ0n) is 13.4. The number of nitrogens with zero attached hydrogens (tertiary/aromatic N) is 3. The predicted molar refractivity (Wildman–Crippen MR) is 89.2 cm³/mol. The molecule has 120 valence electrons. The molecule has 1 amide bonds. The largest absolute Gasteiger partial charge is 0.342 e. The van der Waals surface area contributed by atoms with Crippen LogP contribution in [0.5, 0.6) is 0 Å². The molecule has 2 aromatic rings. The van der Waals surface area contributed by atoms with E-state index in [1.807, 2.05) is 23.6 Å². The summed E-state index contributed by atoms with van der Waals surface area (Å²) >= 11 is 0. The highest BCUT2D eigenvalue weighted by molar-refractivity contribution is 5.79. The van der Waals surface area contributed by atoms with E-state index in [-0.39, 0.29) is 5.91 Å². The Kier molecular flexibility index (Phi) is 3.90. The number of aryl methyl sites for hydroxylation is 2. The third-order valence-electron chi connectivity index (χ3n) is 5.28. The van der Waals surface area contributed by atoms with Crippen molar-refractivity contribution in [3.8, 4) is 0 Å². The number of hydrogen-bond donors (Lipinski definition) is 0. The SMILES string of the molecule is O=C(Cc1ccc2c(c1)CCC2)N1CCC(n2ccnc2)CC1. The minimum atomic E-state index is 0.270. The molecule has 23 heavy (non-hydrogen) atoms. The van der Waals surface area contributed by atoms with E-state index in [2.05, 4.69) is 27.8 Å². The van der Waals surface area contributed by atoms with Crippen LogP contribution in [-0.2, 0) is 24.1 Å². The van der Waals surface area contributed by atoms with Gasteiger partial charge < -0.3 is 9.47 Å². The van der Waals surface area contributed by atoms with Crippen LogP contribution in [0.15, 0.2) is 36.9 Å². The van der Waals surface area contributed by atoms with Gasteiger partial charge in [0.15, 0.2) is 0 Å². The number of imidazole rings is 1. The molecule has 4 nitrogen and oxygen atoms in total. The average molecular weight is 309 g/mol. The van der Waals surface area contributed by atoms with Gasteiger partial charge in [-0.25, -0.2) is 4.98 Å². The minimum absolute atomic E-state index is 0.270. The van der Waals surface area contributed by atoms with Crippen LogP contribution in [0, 0.1) is 0 Å². The number of carbonyl (C=O) groups excluding carboxylic acids is 1. The van der Waals surface area contributed by atoms with Gasteiger partial charge in [0.1, 0.15) is 0 Å². The van der Waals surface area contributed by atoms with Gasteiger partial charge in [-0.3, -0.25) is 4.79 Å². The molecule has 1 aliphatic heterocycles. The fourth-order valence-corrected chi connectivity index (χ4v) is 3.92. The molecule has 0 saturated carbocycles. The van der Waals surface area contributed by atoms with Crippen molar-refractivity contribution in [3.05, 3.63) is 53.6 Å². The fraction of sp³-hybridized carbons (Fsp3) is 0.474. The summed E-state index contributed by atoms with van der Waals surface area (Å²) in [5, 5.41) is 0. The summed E-state index contributed by atoms with van der Waals surface area (Å²) in [6.45, 7) is 1.71. The van der Waals surface area contributed by atoms with Crippen molar-refractivity contribution in [2.24, 2.45) is 0 Å². The van der Waals surface area contributed by atoms with Gasteiger partial charge in [0.2, 0.25) is 5.91 Å². The van der Waals surface area contributed by atoms with Crippen LogP contribution < -0.4 is 0 Å². The molecule has 4 heteroatoms. The van der Waals surface area contributed by atoms with Crippen molar-refractivity contribution in [1.82, 2.24) is 14.5 Å². The van der Waals surface area contributed by atoms with Crippen LogP contribution >= 0.6 is 0 Å². The molecule has 1 saturated heterocycles. The Labute approximate surface area is 137 Å². The van der Waals surface area contributed by atoms with Crippen LogP contribution in [0.3, 0.4) is 0 Å². The molecule has 0 atom stereocenters. The number of likely N-dealkylation sites (tertiary alicyclic amines) is 1. The molecule has 4 rings (SSSR count). The minimum Gasteiger partial charge on any atom is -0.342 e. The molecule has 2 heterocycles. The fourth-order valence-electron chi connectivity index (χ4n) is 3.92. The summed E-state index contributed by atoms with van der Waals surface area (Å²) in [7, 11) is 0. The summed E-state index contributed by atoms with van der Waals surface area (Å²) < 4.78 is 2.17. The van der Waals surface area contributed by atoms with Gasteiger partial charge in [-0.2, -0.15) is 0 Å². The van der Waals surface area contributed by atoms with Gasteiger partial charge in [0, 0.05) is 31.5 Å². The highest BCUT2D eigenvalue weighted by atomic mass is 16.2. The van der Waals surface area contributed by atoms with E-state index in [0.29, 0.717) is 12.5 Å². The Bertz CT molecular complexity index is 685. The third-order valence-corrected chi connectivity index (χ3v) is 5.28. The normalized spacial score (nSPS) is 18.2. The van der Waals surface area contributed by atoms with Crippen molar-refractivity contribution >= 4 is 5.91 Å². The Balaban J connectivity index is 1.35. The lowest BCUT2D eigenvalue weighted by molar-refractivity contribution is -0.131. The second-order valence-electron chi connectivity index (χ2n) is 6.76. The zero-order chi connectivity index (χ0) is 15.6. The number of fused-ring (bicyclic) bond motifs is 1. The number of rotatable bonds is 3. The number of piperidine rings is 1. The van der Waals surface area contributed by atoms with Gasteiger partial charge in [-0.05, 0) is 48.8 Å². The Hall–Kier alpha value is -2.10. The molecule has 1 aromatic carbocycles.